The van der Waals surface area contributed by atoms with Crippen LogP contribution in [-0.2, 0) is 4.74 Å². The highest BCUT2D eigenvalue weighted by molar-refractivity contribution is 5.99. The number of hydrogen-bond donors (Lipinski definition) is 1. The van der Waals surface area contributed by atoms with E-state index >= 15 is 0 Å². The van der Waals surface area contributed by atoms with Gasteiger partial charge >= 0.3 is 0 Å². The zero-order chi connectivity index (χ0) is 14.5. The van der Waals surface area contributed by atoms with Gasteiger partial charge in [0.05, 0.1) is 5.56 Å². The van der Waals surface area contributed by atoms with Crippen molar-refractivity contribution >= 4 is 11.6 Å². The van der Waals surface area contributed by atoms with E-state index in [0.717, 1.165) is 49.4 Å². The number of aryl methyl sites for hydroxylation is 1. The summed E-state index contributed by atoms with van der Waals surface area (Å²) in [5, 5.41) is 3.09. The minimum Gasteiger partial charge on any atom is -0.387 e. The lowest BCUT2D eigenvalue weighted by Gasteiger charge is -2.27. The Bertz CT molecular complexity index is 468. The predicted octanol–water partition coefficient (Wildman–Crippen LogP) is 2.54. The van der Waals surface area contributed by atoms with E-state index in [1.54, 1.807) is 0 Å². The predicted molar refractivity (Wildman–Crippen MR) is 81.2 cm³/mol. The van der Waals surface area contributed by atoms with Gasteiger partial charge in [0, 0.05) is 39.5 Å². The van der Waals surface area contributed by atoms with Crippen molar-refractivity contribution in [3.8, 4) is 0 Å². The fraction of sp³-hybridized carbons (Fsp3) is 0.562. The highest BCUT2D eigenvalue weighted by Gasteiger charge is 2.21. The molecule has 0 unspecified atom stereocenters. The number of carbonyl (C=O) groups excluding carboxylic acids is 1. The molecule has 1 aliphatic rings. The maximum absolute atomic E-state index is 12.6. The van der Waals surface area contributed by atoms with Crippen molar-refractivity contribution in [1.29, 1.82) is 0 Å². The van der Waals surface area contributed by atoms with E-state index < -0.39 is 0 Å². The number of benzene rings is 1. The number of ether oxygens (including phenoxy) is 1. The largest absolute Gasteiger partial charge is 0.387 e. The molecule has 1 saturated heterocycles. The second-order valence-corrected chi connectivity index (χ2v) is 5.54. The van der Waals surface area contributed by atoms with Crippen molar-refractivity contribution in [3.63, 3.8) is 0 Å². The molecular formula is C16H24N2O2. The average Bonchev–Trinajstić information content (AvgIpc) is 2.47. The molecule has 1 N–H and O–H groups in total. The van der Waals surface area contributed by atoms with Crippen LogP contribution < -0.4 is 5.32 Å². The number of nitrogens with one attached hydrogen (secondary N) is 1. The van der Waals surface area contributed by atoms with Crippen molar-refractivity contribution in [2.45, 2.75) is 19.8 Å². The molecule has 1 aromatic carbocycles. The molecule has 0 spiro atoms. The fourth-order valence-corrected chi connectivity index (χ4v) is 2.66. The van der Waals surface area contributed by atoms with Gasteiger partial charge in [-0.15, -0.1) is 0 Å². The van der Waals surface area contributed by atoms with E-state index in [4.69, 9.17) is 4.74 Å². The van der Waals surface area contributed by atoms with Gasteiger partial charge in [-0.1, -0.05) is 11.6 Å². The van der Waals surface area contributed by atoms with Crippen LogP contribution in [0.25, 0.3) is 0 Å². The van der Waals surface area contributed by atoms with Gasteiger partial charge < -0.3 is 15.0 Å². The van der Waals surface area contributed by atoms with Crippen molar-refractivity contribution in [2.75, 3.05) is 39.2 Å². The van der Waals surface area contributed by atoms with Crippen LogP contribution in [0.3, 0.4) is 0 Å². The van der Waals surface area contributed by atoms with E-state index in [0.29, 0.717) is 5.92 Å². The maximum Gasteiger partial charge on any atom is 0.255 e. The lowest BCUT2D eigenvalue weighted by Crippen LogP contribution is -2.34. The molecule has 0 radical (unpaired) electrons. The first-order valence-electron chi connectivity index (χ1n) is 7.23. The van der Waals surface area contributed by atoms with Crippen LogP contribution in [0, 0.1) is 12.8 Å². The molecule has 2 rings (SSSR count). The van der Waals surface area contributed by atoms with Gasteiger partial charge in [-0.2, -0.15) is 0 Å². The smallest absolute Gasteiger partial charge is 0.255 e. The molecular weight excluding hydrogens is 252 g/mol. The third-order valence-corrected chi connectivity index (χ3v) is 3.89. The molecule has 1 aromatic rings. The van der Waals surface area contributed by atoms with Gasteiger partial charge in [0.1, 0.15) is 0 Å². The van der Waals surface area contributed by atoms with E-state index in [2.05, 4.69) is 5.32 Å². The van der Waals surface area contributed by atoms with Crippen LogP contribution in [0.4, 0.5) is 5.69 Å². The summed E-state index contributed by atoms with van der Waals surface area (Å²) in [6.45, 7) is 4.45. The van der Waals surface area contributed by atoms with E-state index in [-0.39, 0.29) is 5.91 Å². The summed E-state index contributed by atoms with van der Waals surface area (Å²) in [4.78, 5) is 14.4. The number of nitrogens with zero attached hydrogens (tertiary/aromatic N) is 1. The van der Waals surface area contributed by atoms with Gasteiger partial charge in [0.25, 0.3) is 5.91 Å². The Kier molecular flexibility index (Phi) is 5.01. The molecule has 4 nitrogen and oxygen atoms in total. The lowest BCUT2D eigenvalue weighted by atomic mass is 9.99. The first-order chi connectivity index (χ1) is 9.61. The number of amides is 1. The third kappa shape index (κ3) is 3.51. The zero-order valence-electron chi connectivity index (χ0n) is 12.6. The number of carbonyl (C=O) groups is 1. The zero-order valence-corrected chi connectivity index (χ0v) is 12.6. The van der Waals surface area contributed by atoms with Crippen LogP contribution in [0.15, 0.2) is 18.2 Å². The first-order valence-corrected chi connectivity index (χ1v) is 7.23. The summed E-state index contributed by atoms with van der Waals surface area (Å²) < 4.78 is 5.37. The van der Waals surface area contributed by atoms with Gasteiger partial charge in [-0.05, 0) is 37.8 Å². The summed E-state index contributed by atoms with van der Waals surface area (Å²) in [5.41, 5.74) is 2.74. The van der Waals surface area contributed by atoms with Crippen molar-refractivity contribution in [2.24, 2.45) is 5.92 Å². The molecule has 0 bridgehead atoms. The topological polar surface area (TPSA) is 41.6 Å². The molecule has 1 heterocycles. The highest BCUT2D eigenvalue weighted by Crippen LogP contribution is 2.21. The van der Waals surface area contributed by atoms with Crippen LogP contribution in [-0.4, -0.2) is 44.7 Å². The second-order valence-electron chi connectivity index (χ2n) is 5.54. The molecule has 1 aliphatic heterocycles. The molecule has 20 heavy (non-hydrogen) atoms. The Morgan fingerprint density at radius 1 is 1.40 bits per heavy atom. The summed E-state index contributed by atoms with van der Waals surface area (Å²) in [5.74, 6) is 0.644. The van der Waals surface area contributed by atoms with Crippen molar-refractivity contribution < 1.29 is 9.53 Å². The minimum atomic E-state index is 0.0875. The average molecular weight is 276 g/mol. The molecule has 0 aromatic heterocycles. The van der Waals surface area contributed by atoms with E-state index in [1.807, 2.05) is 44.1 Å². The molecule has 0 aliphatic carbocycles. The normalized spacial score (nSPS) is 15.9. The molecule has 1 fully saturated rings. The van der Waals surface area contributed by atoms with Crippen LogP contribution >= 0.6 is 0 Å². The van der Waals surface area contributed by atoms with E-state index in [9.17, 15) is 4.79 Å². The molecule has 0 saturated carbocycles. The van der Waals surface area contributed by atoms with Crippen LogP contribution in [0.2, 0.25) is 0 Å². The SMILES string of the molecule is CNc1ccc(C)cc1C(=O)N(C)CC1CCOCC1. The molecule has 0 atom stereocenters. The standard InChI is InChI=1S/C16H24N2O2/c1-12-4-5-15(17-2)14(10-12)16(19)18(3)11-13-6-8-20-9-7-13/h4-5,10,13,17H,6-9,11H2,1-3H3. The van der Waals surface area contributed by atoms with Crippen molar-refractivity contribution in [3.05, 3.63) is 29.3 Å². The Balaban J connectivity index is 2.07. The quantitative estimate of drug-likeness (QED) is 0.919. The number of anilines is 1. The molecule has 110 valence electrons. The summed E-state index contributed by atoms with van der Waals surface area (Å²) in [6, 6.07) is 5.93. The molecule has 1 amide bonds. The Hall–Kier alpha value is -1.55. The summed E-state index contributed by atoms with van der Waals surface area (Å²) >= 11 is 0. The first kappa shape index (κ1) is 14.9. The second kappa shape index (κ2) is 6.75. The van der Waals surface area contributed by atoms with Gasteiger partial charge in [0.15, 0.2) is 0 Å². The lowest BCUT2D eigenvalue weighted by molar-refractivity contribution is 0.0497. The Morgan fingerprint density at radius 3 is 2.75 bits per heavy atom. The highest BCUT2D eigenvalue weighted by atomic mass is 16.5. The van der Waals surface area contributed by atoms with Crippen LogP contribution in [0.5, 0.6) is 0 Å². The van der Waals surface area contributed by atoms with Gasteiger partial charge in [0.2, 0.25) is 0 Å². The Labute approximate surface area is 121 Å². The summed E-state index contributed by atoms with van der Waals surface area (Å²) in [7, 11) is 3.74. The van der Waals surface area contributed by atoms with Crippen LogP contribution in [0.1, 0.15) is 28.8 Å². The minimum absolute atomic E-state index is 0.0875. The summed E-state index contributed by atoms with van der Waals surface area (Å²) in [6.07, 6.45) is 2.09. The monoisotopic (exact) mass is 276 g/mol. The number of rotatable bonds is 4. The van der Waals surface area contributed by atoms with Crippen molar-refractivity contribution in [1.82, 2.24) is 4.90 Å². The third-order valence-electron chi connectivity index (χ3n) is 3.89. The number of hydrogen-bond acceptors (Lipinski definition) is 3. The Morgan fingerprint density at radius 2 is 2.10 bits per heavy atom. The molecule has 4 heteroatoms. The fourth-order valence-electron chi connectivity index (χ4n) is 2.66. The van der Waals surface area contributed by atoms with Gasteiger partial charge in [-0.3, -0.25) is 4.79 Å². The van der Waals surface area contributed by atoms with Gasteiger partial charge in [-0.25, -0.2) is 0 Å². The van der Waals surface area contributed by atoms with E-state index in [1.165, 1.54) is 0 Å². The maximum atomic E-state index is 12.6.